The Balaban J connectivity index is 2.41. The molecule has 0 saturated carbocycles. The van der Waals surface area contributed by atoms with Gasteiger partial charge in [-0.3, -0.25) is 9.59 Å². The summed E-state index contributed by atoms with van der Waals surface area (Å²) in [7, 11) is 0. The van der Waals surface area contributed by atoms with Crippen molar-refractivity contribution < 1.29 is 9.59 Å². The van der Waals surface area contributed by atoms with Crippen molar-refractivity contribution in [2.75, 3.05) is 13.1 Å². The lowest BCUT2D eigenvalue weighted by Crippen LogP contribution is -2.52. The first-order valence-corrected chi connectivity index (χ1v) is 7.33. The summed E-state index contributed by atoms with van der Waals surface area (Å²) in [5.41, 5.74) is 5.98. The van der Waals surface area contributed by atoms with Crippen LogP contribution in [-0.4, -0.2) is 41.9 Å². The van der Waals surface area contributed by atoms with E-state index in [0.717, 1.165) is 19.3 Å². The number of carbonyl (C=O) groups is 2. The minimum Gasteiger partial charge on any atom is -0.353 e. The fourth-order valence-electron chi connectivity index (χ4n) is 2.28. The van der Waals surface area contributed by atoms with Crippen LogP contribution in [0.4, 0.5) is 0 Å². The van der Waals surface area contributed by atoms with E-state index in [2.05, 4.69) is 5.32 Å². The van der Waals surface area contributed by atoms with Gasteiger partial charge in [-0.1, -0.05) is 27.2 Å². The van der Waals surface area contributed by atoms with Crippen LogP contribution >= 0.6 is 0 Å². The fourth-order valence-corrected chi connectivity index (χ4v) is 2.28. The molecule has 110 valence electrons. The highest BCUT2D eigenvalue weighted by molar-refractivity contribution is 5.82. The van der Waals surface area contributed by atoms with Gasteiger partial charge < -0.3 is 16.0 Å². The van der Waals surface area contributed by atoms with Crippen LogP contribution in [0.15, 0.2) is 0 Å². The number of piperidine rings is 1. The van der Waals surface area contributed by atoms with Gasteiger partial charge in [-0.2, -0.15) is 0 Å². The molecule has 0 bridgehead atoms. The van der Waals surface area contributed by atoms with Gasteiger partial charge in [0.1, 0.15) is 0 Å². The van der Waals surface area contributed by atoms with E-state index in [9.17, 15) is 9.59 Å². The van der Waals surface area contributed by atoms with Gasteiger partial charge >= 0.3 is 0 Å². The highest BCUT2D eigenvalue weighted by Crippen LogP contribution is 2.14. The molecular weight excluding hydrogens is 242 g/mol. The van der Waals surface area contributed by atoms with Gasteiger partial charge in [0.2, 0.25) is 11.8 Å². The highest BCUT2D eigenvalue weighted by Gasteiger charge is 2.28. The predicted octanol–water partition coefficient (Wildman–Crippen LogP) is 0.877. The van der Waals surface area contributed by atoms with Gasteiger partial charge in [0.15, 0.2) is 0 Å². The van der Waals surface area contributed by atoms with Gasteiger partial charge in [0.05, 0.1) is 6.04 Å². The van der Waals surface area contributed by atoms with Crippen molar-refractivity contribution in [1.82, 2.24) is 10.2 Å². The number of nitrogens with one attached hydrogen (secondary N) is 1. The van der Waals surface area contributed by atoms with Crippen molar-refractivity contribution in [2.45, 2.75) is 58.5 Å². The summed E-state index contributed by atoms with van der Waals surface area (Å²) in [5.74, 6) is 0.348. The third kappa shape index (κ3) is 4.49. The van der Waals surface area contributed by atoms with Crippen molar-refractivity contribution >= 4 is 11.8 Å². The summed E-state index contributed by atoms with van der Waals surface area (Å²) in [6.07, 6.45) is 3.07. The van der Waals surface area contributed by atoms with E-state index in [4.69, 9.17) is 5.73 Å². The van der Waals surface area contributed by atoms with E-state index in [-0.39, 0.29) is 23.8 Å². The number of nitrogens with two attached hydrogens (primary N) is 1. The molecule has 1 rings (SSSR count). The molecule has 0 spiro atoms. The summed E-state index contributed by atoms with van der Waals surface area (Å²) >= 11 is 0. The first-order chi connectivity index (χ1) is 8.99. The maximum Gasteiger partial charge on any atom is 0.239 e. The summed E-state index contributed by atoms with van der Waals surface area (Å²) in [5, 5.41) is 2.98. The average molecular weight is 269 g/mol. The molecule has 0 radical (unpaired) electrons. The first kappa shape index (κ1) is 16.0. The maximum absolute atomic E-state index is 12.2. The fraction of sp³-hybridized carbons (Fsp3) is 0.857. The Labute approximate surface area is 115 Å². The molecular formula is C14H27N3O2. The number of likely N-dealkylation sites (tertiary alicyclic amines) is 1. The quantitative estimate of drug-likeness (QED) is 0.778. The third-order valence-electron chi connectivity index (χ3n) is 4.04. The summed E-state index contributed by atoms with van der Waals surface area (Å²) in [6.45, 7) is 7.29. The molecule has 0 aromatic rings. The molecule has 1 aliphatic heterocycles. The third-order valence-corrected chi connectivity index (χ3v) is 4.04. The molecule has 0 aliphatic carbocycles. The lowest BCUT2D eigenvalue weighted by atomic mass is 9.97. The van der Waals surface area contributed by atoms with Gasteiger partial charge in [-0.15, -0.1) is 0 Å². The van der Waals surface area contributed by atoms with Crippen LogP contribution in [0.5, 0.6) is 0 Å². The lowest BCUT2D eigenvalue weighted by Gasteiger charge is -2.34. The number of carbonyl (C=O) groups excluding carboxylic acids is 2. The molecule has 2 atom stereocenters. The van der Waals surface area contributed by atoms with Crippen molar-refractivity contribution in [1.29, 1.82) is 0 Å². The van der Waals surface area contributed by atoms with Gasteiger partial charge in [0.25, 0.3) is 0 Å². The van der Waals surface area contributed by atoms with Crippen LogP contribution in [0.3, 0.4) is 0 Å². The molecule has 1 aliphatic rings. The van der Waals surface area contributed by atoms with E-state index < -0.39 is 6.04 Å². The second-order valence-corrected chi connectivity index (χ2v) is 5.43. The number of hydrogen-bond donors (Lipinski definition) is 2. The molecule has 3 N–H and O–H groups in total. The van der Waals surface area contributed by atoms with Crippen LogP contribution in [-0.2, 0) is 9.59 Å². The molecule has 1 fully saturated rings. The normalized spacial score (nSPS) is 19.9. The van der Waals surface area contributed by atoms with E-state index in [1.165, 1.54) is 0 Å². The van der Waals surface area contributed by atoms with E-state index >= 15 is 0 Å². The van der Waals surface area contributed by atoms with Crippen LogP contribution in [0.25, 0.3) is 0 Å². The van der Waals surface area contributed by atoms with Crippen LogP contribution < -0.4 is 11.1 Å². The Morgan fingerprint density at radius 1 is 1.32 bits per heavy atom. The molecule has 0 aromatic carbocycles. The summed E-state index contributed by atoms with van der Waals surface area (Å²) < 4.78 is 0. The van der Waals surface area contributed by atoms with Gasteiger partial charge in [-0.05, 0) is 18.8 Å². The van der Waals surface area contributed by atoms with Crippen molar-refractivity contribution in [3.05, 3.63) is 0 Å². The molecule has 1 saturated heterocycles. The second kappa shape index (κ2) is 7.48. The minimum atomic E-state index is -0.396. The minimum absolute atomic E-state index is 0.0506. The van der Waals surface area contributed by atoms with Crippen LogP contribution in [0, 0.1) is 5.92 Å². The highest BCUT2D eigenvalue weighted by atomic mass is 16.2. The Morgan fingerprint density at radius 3 is 2.37 bits per heavy atom. The molecule has 0 aromatic heterocycles. The monoisotopic (exact) mass is 269 g/mol. The Hall–Kier alpha value is -1.10. The van der Waals surface area contributed by atoms with E-state index in [1.807, 2.05) is 25.7 Å². The topological polar surface area (TPSA) is 75.4 Å². The largest absolute Gasteiger partial charge is 0.353 e. The summed E-state index contributed by atoms with van der Waals surface area (Å²) in [6, 6.07) is -0.192. The van der Waals surface area contributed by atoms with Crippen molar-refractivity contribution in [2.24, 2.45) is 11.7 Å². The number of amides is 2. The number of nitrogens with zero attached hydrogens (tertiary/aromatic N) is 1. The number of rotatable bonds is 5. The summed E-state index contributed by atoms with van der Waals surface area (Å²) in [4.78, 5) is 25.4. The Bertz CT molecular complexity index is 312. The van der Waals surface area contributed by atoms with E-state index in [1.54, 1.807) is 0 Å². The molecule has 2 amide bonds. The SMILES string of the molecule is CCC(=O)NC1CCN(C(=O)[C@@H](N)[C@@H](C)CC)CC1. The molecule has 5 nitrogen and oxygen atoms in total. The van der Waals surface area contributed by atoms with Crippen molar-refractivity contribution in [3.8, 4) is 0 Å². The lowest BCUT2D eigenvalue weighted by molar-refractivity contribution is -0.135. The smallest absolute Gasteiger partial charge is 0.239 e. The van der Waals surface area contributed by atoms with Gasteiger partial charge in [0, 0.05) is 25.6 Å². The van der Waals surface area contributed by atoms with Crippen LogP contribution in [0.1, 0.15) is 46.5 Å². The first-order valence-electron chi connectivity index (χ1n) is 7.33. The maximum atomic E-state index is 12.2. The molecule has 19 heavy (non-hydrogen) atoms. The van der Waals surface area contributed by atoms with Crippen molar-refractivity contribution in [3.63, 3.8) is 0 Å². The predicted molar refractivity (Wildman–Crippen MR) is 75.5 cm³/mol. The van der Waals surface area contributed by atoms with Gasteiger partial charge in [-0.25, -0.2) is 0 Å². The standard InChI is InChI=1S/C14H27N3O2/c1-4-10(3)13(15)14(19)17-8-6-11(7-9-17)16-12(18)5-2/h10-11,13H,4-9,15H2,1-3H3,(H,16,18)/t10-,13-/m0/s1. The number of hydrogen-bond acceptors (Lipinski definition) is 3. The van der Waals surface area contributed by atoms with E-state index in [0.29, 0.717) is 19.5 Å². The molecule has 5 heteroatoms. The zero-order valence-corrected chi connectivity index (χ0v) is 12.3. The zero-order valence-electron chi connectivity index (χ0n) is 12.3. The Morgan fingerprint density at radius 2 is 1.89 bits per heavy atom. The Kier molecular flexibility index (Phi) is 6.28. The average Bonchev–Trinajstić information content (AvgIpc) is 2.45. The molecule has 0 unspecified atom stereocenters. The zero-order chi connectivity index (χ0) is 14.4. The molecule has 1 heterocycles. The second-order valence-electron chi connectivity index (χ2n) is 5.43. The van der Waals surface area contributed by atoms with Crippen LogP contribution in [0.2, 0.25) is 0 Å².